The summed E-state index contributed by atoms with van der Waals surface area (Å²) in [5.41, 5.74) is 3.29. The summed E-state index contributed by atoms with van der Waals surface area (Å²) in [6.45, 7) is 5.75. The molecule has 8 nitrogen and oxygen atoms in total. The SMILES string of the molecule is C[SiH](C)CCOCn1nccc1-c1ccc(Oc2ccc3nc(COS(C)(=O)=O)ccc3c2)cc1. The molecule has 184 valence electrons. The van der Waals surface area contributed by atoms with Crippen molar-refractivity contribution in [2.24, 2.45) is 0 Å². The molecular formula is C25H29N3O5SSi. The monoisotopic (exact) mass is 511 g/mol. The predicted octanol–water partition coefficient (Wildman–Crippen LogP) is 4.83. The zero-order chi connectivity index (χ0) is 24.8. The van der Waals surface area contributed by atoms with Gasteiger partial charge in [0.05, 0.1) is 23.2 Å². The number of aromatic nitrogens is 3. The van der Waals surface area contributed by atoms with Gasteiger partial charge in [-0.05, 0) is 60.6 Å². The maximum absolute atomic E-state index is 11.2. The van der Waals surface area contributed by atoms with Crippen molar-refractivity contribution in [2.45, 2.75) is 32.5 Å². The van der Waals surface area contributed by atoms with Crippen LogP contribution in [0.4, 0.5) is 0 Å². The fourth-order valence-electron chi connectivity index (χ4n) is 3.44. The molecule has 0 fully saturated rings. The Kier molecular flexibility index (Phi) is 7.96. The van der Waals surface area contributed by atoms with Gasteiger partial charge in [0.1, 0.15) is 24.8 Å². The highest BCUT2D eigenvalue weighted by molar-refractivity contribution is 7.85. The molecule has 4 aromatic rings. The molecule has 10 heteroatoms. The molecule has 2 aromatic heterocycles. The van der Waals surface area contributed by atoms with E-state index in [4.69, 9.17) is 13.7 Å². The number of pyridine rings is 1. The maximum atomic E-state index is 11.2. The summed E-state index contributed by atoms with van der Waals surface area (Å²) in [6.07, 6.45) is 2.80. The Balaban J connectivity index is 1.40. The Morgan fingerprint density at radius 1 is 0.971 bits per heavy atom. The first-order valence-electron chi connectivity index (χ1n) is 11.4. The van der Waals surface area contributed by atoms with Crippen LogP contribution in [0.15, 0.2) is 66.9 Å². The van der Waals surface area contributed by atoms with Crippen molar-refractivity contribution in [1.82, 2.24) is 14.8 Å². The van der Waals surface area contributed by atoms with Gasteiger partial charge >= 0.3 is 0 Å². The number of nitrogens with zero attached hydrogens (tertiary/aromatic N) is 3. The lowest BCUT2D eigenvalue weighted by atomic mass is 10.1. The van der Waals surface area contributed by atoms with Crippen LogP contribution in [0.5, 0.6) is 11.5 Å². The molecule has 0 N–H and O–H groups in total. The zero-order valence-electron chi connectivity index (χ0n) is 20.0. The second kappa shape index (κ2) is 11.1. The van der Waals surface area contributed by atoms with Crippen LogP contribution in [-0.4, -0.2) is 44.8 Å². The fraction of sp³-hybridized carbons (Fsp3) is 0.280. The van der Waals surface area contributed by atoms with Crippen molar-refractivity contribution in [3.05, 3.63) is 72.6 Å². The highest BCUT2D eigenvalue weighted by atomic mass is 32.2. The van der Waals surface area contributed by atoms with Gasteiger partial charge < -0.3 is 9.47 Å². The number of ether oxygens (including phenoxy) is 2. The van der Waals surface area contributed by atoms with Gasteiger partial charge in [0.2, 0.25) is 0 Å². The summed E-state index contributed by atoms with van der Waals surface area (Å²) in [5.74, 6) is 1.39. The van der Waals surface area contributed by atoms with Crippen molar-refractivity contribution in [2.75, 3.05) is 12.9 Å². The standard InChI is InChI=1S/C25H29N3O5SSi/c1-34(29,30)32-17-21-7-4-20-16-23(10-11-24(20)27-21)33-22-8-5-19(6-9-22)25-12-13-26-28(25)18-31-14-15-35(2)3/h4-13,16,35H,14-15,17-18H2,1-3H3. The van der Waals surface area contributed by atoms with Gasteiger partial charge in [0.25, 0.3) is 10.1 Å². The van der Waals surface area contributed by atoms with E-state index in [-0.39, 0.29) is 6.61 Å². The second-order valence-electron chi connectivity index (χ2n) is 8.69. The summed E-state index contributed by atoms with van der Waals surface area (Å²) < 4.78 is 40.9. The molecule has 0 bridgehead atoms. The molecule has 0 radical (unpaired) electrons. The molecule has 4 rings (SSSR count). The normalized spacial score (nSPS) is 11.9. The average Bonchev–Trinajstić information content (AvgIpc) is 3.29. The van der Waals surface area contributed by atoms with Gasteiger partial charge in [-0.2, -0.15) is 13.5 Å². The summed E-state index contributed by atoms with van der Waals surface area (Å²) in [7, 11) is -4.13. The Labute approximate surface area is 207 Å². The van der Waals surface area contributed by atoms with Crippen LogP contribution in [0.25, 0.3) is 22.2 Å². The van der Waals surface area contributed by atoms with Crippen molar-refractivity contribution >= 4 is 29.8 Å². The van der Waals surface area contributed by atoms with Crippen LogP contribution < -0.4 is 4.74 Å². The van der Waals surface area contributed by atoms with Crippen LogP contribution in [0.2, 0.25) is 19.1 Å². The van der Waals surface area contributed by atoms with Crippen LogP contribution in [0.3, 0.4) is 0 Å². The number of hydrogen-bond acceptors (Lipinski definition) is 7. The van der Waals surface area contributed by atoms with Gasteiger partial charge in [-0.3, -0.25) is 9.17 Å². The Hall–Kier alpha value is -3.05. The van der Waals surface area contributed by atoms with Crippen molar-refractivity contribution in [1.29, 1.82) is 0 Å². The Morgan fingerprint density at radius 3 is 2.49 bits per heavy atom. The minimum absolute atomic E-state index is 0.0934. The lowest BCUT2D eigenvalue weighted by molar-refractivity contribution is 0.0801. The molecule has 0 unspecified atom stereocenters. The molecule has 35 heavy (non-hydrogen) atoms. The van der Waals surface area contributed by atoms with Gasteiger partial charge in [-0.25, -0.2) is 4.68 Å². The van der Waals surface area contributed by atoms with E-state index < -0.39 is 18.9 Å². The van der Waals surface area contributed by atoms with E-state index in [1.165, 1.54) is 0 Å². The first-order valence-corrected chi connectivity index (χ1v) is 16.3. The van der Waals surface area contributed by atoms with E-state index in [1.54, 1.807) is 12.3 Å². The minimum atomic E-state index is -3.52. The largest absolute Gasteiger partial charge is 0.457 e. The predicted molar refractivity (Wildman–Crippen MR) is 139 cm³/mol. The molecular weight excluding hydrogens is 482 g/mol. The third-order valence-electron chi connectivity index (χ3n) is 5.29. The molecule has 0 saturated heterocycles. The highest BCUT2D eigenvalue weighted by Crippen LogP contribution is 2.28. The molecule has 0 aliphatic rings. The molecule has 2 aromatic carbocycles. The summed E-state index contributed by atoms with van der Waals surface area (Å²) in [6, 6.07) is 20.1. The van der Waals surface area contributed by atoms with Crippen molar-refractivity contribution in [3.63, 3.8) is 0 Å². The summed E-state index contributed by atoms with van der Waals surface area (Å²) >= 11 is 0. The number of benzene rings is 2. The quantitative estimate of drug-likeness (QED) is 0.162. The van der Waals surface area contributed by atoms with Gasteiger partial charge in [0, 0.05) is 32.6 Å². The van der Waals surface area contributed by atoms with Crippen LogP contribution in [0, 0.1) is 0 Å². The van der Waals surface area contributed by atoms with Crippen molar-refractivity contribution < 1.29 is 22.1 Å². The average molecular weight is 512 g/mol. The smallest absolute Gasteiger partial charge is 0.264 e. The zero-order valence-corrected chi connectivity index (χ0v) is 22.0. The number of fused-ring (bicyclic) bond motifs is 1. The molecule has 0 aliphatic carbocycles. The van der Waals surface area contributed by atoms with Gasteiger partial charge in [0.15, 0.2) is 0 Å². The van der Waals surface area contributed by atoms with Crippen LogP contribution in [-0.2, 0) is 32.4 Å². The topological polar surface area (TPSA) is 92.5 Å². The molecule has 0 amide bonds. The van der Waals surface area contributed by atoms with E-state index in [0.717, 1.165) is 41.1 Å². The Bertz CT molecular complexity index is 1390. The van der Waals surface area contributed by atoms with E-state index in [0.29, 0.717) is 23.9 Å². The minimum Gasteiger partial charge on any atom is -0.457 e. The first-order chi connectivity index (χ1) is 16.8. The van der Waals surface area contributed by atoms with E-state index in [2.05, 4.69) is 23.2 Å². The lowest BCUT2D eigenvalue weighted by Crippen LogP contribution is -2.10. The van der Waals surface area contributed by atoms with Crippen molar-refractivity contribution in [3.8, 4) is 22.8 Å². The highest BCUT2D eigenvalue weighted by Gasteiger charge is 2.08. The maximum Gasteiger partial charge on any atom is 0.264 e. The number of rotatable bonds is 11. The van der Waals surface area contributed by atoms with Crippen LogP contribution >= 0.6 is 0 Å². The first kappa shape index (κ1) is 25.1. The molecule has 0 aliphatic heterocycles. The third-order valence-corrected chi connectivity index (χ3v) is 7.23. The lowest BCUT2D eigenvalue weighted by Gasteiger charge is -2.11. The molecule has 0 spiro atoms. The Morgan fingerprint density at radius 2 is 1.74 bits per heavy atom. The summed E-state index contributed by atoms with van der Waals surface area (Å²) in [4.78, 5) is 4.45. The second-order valence-corrected chi connectivity index (χ2v) is 13.7. The summed E-state index contributed by atoms with van der Waals surface area (Å²) in [5, 5.41) is 5.27. The van der Waals surface area contributed by atoms with Gasteiger partial charge in [-0.1, -0.05) is 19.2 Å². The fourth-order valence-corrected chi connectivity index (χ4v) is 4.41. The van der Waals surface area contributed by atoms with Crippen LogP contribution in [0.1, 0.15) is 5.69 Å². The molecule has 0 atom stereocenters. The van der Waals surface area contributed by atoms with E-state index >= 15 is 0 Å². The number of hydrogen-bond donors (Lipinski definition) is 0. The van der Waals surface area contributed by atoms with E-state index in [1.807, 2.05) is 59.3 Å². The van der Waals surface area contributed by atoms with Gasteiger partial charge in [-0.15, -0.1) is 0 Å². The molecule has 2 heterocycles. The molecule has 0 saturated carbocycles. The third kappa shape index (κ3) is 7.22. The van der Waals surface area contributed by atoms with E-state index in [9.17, 15) is 8.42 Å².